The van der Waals surface area contributed by atoms with Crippen molar-refractivity contribution in [3.8, 4) is 11.4 Å². The number of aromatic amines is 1. The molecule has 0 radical (unpaired) electrons. The molecule has 0 aliphatic heterocycles. The zero-order valence-corrected chi connectivity index (χ0v) is 17.1. The molecule has 0 saturated carbocycles. The smallest absolute Gasteiger partial charge is 0.162 e. The predicted molar refractivity (Wildman–Crippen MR) is 118 cm³/mol. The molecule has 0 fully saturated rings. The number of hydrogen-bond donors (Lipinski definition) is 2. The van der Waals surface area contributed by atoms with Crippen LogP contribution in [0.15, 0.2) is 55.1 Å². The highest BCUT2D eigenvalue weighted by atomic mass is 35.5. The third-order valence-electron chi connectivity index (χ3n) is 4.99. The minimum Gasteiger partial charge on any atom is -0.362 e. The van der Waals surface area contributed by atoms with Gasteiger partial charge >= 0.3 is 0 Å². The standard InChI is InChI=1S/C22H18ClN7/c1-12-5-3-8-17(28-12)19-15(9-14-6-4-7-16(23)18(14)30-19)13(2)29-22-20-21(25-10-24-20)26-11-27-22/h3-11,13H,1-2H3,(H2,24,25,26,27,29). The van der Waals surface area contributed by atoms with E-state index in [4.69, 9.17) is 21.6 Å². The highest BCUT2D eigenvalue weighted by Gasteiger charge is 2.19. The Hall–Kier alpha value is -3.58. The summed E-state index contributed by atoms with van der Waals surface area (Å²) < 4.78 is 0. The van der Waals surface area contributed by atoms with E-state index in [1.165, 1.54) is 6.33 Å². The van der Waals surface area contributed by atoms with Gasteiger partial charge in [-0.3, -0.25) is 4.98 Å². The Morgan fingerprint density at radius 1 is 1.00 bits per heavy atom. The number of imidazole rings is 1. The van der Waals surface area contributed by atoms with Gasteiger partial charge in [0.1, 0.15) is 11.8 Å². The van der Waals surface area contributed by atoms with Crippen LogP contribution < -0.4 is 5.32 Å². The van der Waals surface area contributed by atoms with Crippen molar-refractivity contribution in [2.75, 3.05) is 5.32 Å². The molecule has 4 heterocycles. The molecule has 7 nitrogen and oxygen atoms in total. The minimum absolute atomic E-state index is 0.118. The molecule has 1 unspecified atom stereocenters. The molecule has 0 bridgehead atoms. The number of rotatable bonds is 4. The summed E-state index contributed by atoms with van der Waals surface area (Å²) >= 11 is 6.44. The molecule has 0 spiro atoms. The summed E-state index contributed by atoms with van der Waals surface area (Å²) in [7, 11) is 0. The van der Waals surface area contributed by atoms with Crippen LogP contribution in [0.2, 0.25) is 5.02 Å². The highest BCUT2D eigenvalue weighted by Crippen LogP contribution is 2.33. The Bertz CT molecular complexity index is 1380. The second-order valence-corrected chi connectivity index (χ2v) is 7.50. The third kappa shape index (κ3) is 3.23. The first kappa shape index (κ1) is 18.4. The van der Waals surface area contributed by atoms with E-state index in [0.29, 0.717) is 22.0 Å². The SMILES string of the molecule is Cc1cccc(-c2nc3c(Cl)cccc3cc2C(C)Nc2ncnc3[nH]cnc23)n1. The molecule has 1 atom stereocenters. The molecular weight excluding hydrogens is 398 g/mol. The molecule has 0 amide bonds. The number of anilines is 1. The maximum absolute atomic E-state index is 6.44. The molecule has 4 aromatic heterocycles. The van der Waals surface area contributed by atoms with Crippen molar-refractivity contribution in [1.82, 2.24) is 29.9 Å². The number of fused-ring (bicyclic) bond motifs is 2. The van der Waals surface area contributed by atoms with Gasteiger partial charge in [0.05, 0.1) is 34.3 Å². The lowest BCUT2D eigenvalue weighted by Gasteiger charge is -2.19. The third-order valence-corrected chi connectivity index (χ3v) is 5.30. The summed E-state index contributed by atoms with van der Waals surface area (Å²) in [5.41, 5.74) is 5.63. The number of aromatic nitrogens is 6. The van der Waals surface area contributed by atoms with Crippen LogP contribution in [-0.2, 0) is 0 Å². The van der Waals surface area contributed by atoms with Crippen LogP contribution in [-0.4, -0.2) is 29.9 Å². The average Bonchev–Trinajstić information content (AvgIpc) is 3.23. The van der Waals surface area contributed by atoms with Gasteiger partial charge in [-0.25, -0.2) is 19.9 Å². The number of nitrogens with zero attached hydrogens (tertiary/aromatic N) is 5. The Kier molecular flexibility index (Phi) is 4.52. The number of benzene rings is 1. The molecule has 5 aromatic rings. The number of aryl methyl sites for hydroxylation is 1. The summed E-state index contributed by atoms with van der Waals surface area (Å²) in [6.45, 7) is 4.03. The van der Waals surface area contributed by atoms with Gasteiger partial charge in [0.15, 0.2) is 11.5 Å². The summed E-state index contributed by atoms with van der Waals surface area (Å²) in [5, 5.41) is 5.04. The molecule has 1 aromatic carbocycles. The first-order valence-corrected chi connectivity index (χ1v) is 9.92. The summed E-state index contributed by atoms with van der Waals surface area (Å²) in [5.74, 6) is 0.656. The van der Waals surface area contributed by atoms with E-state index in [1.54, 1.807) is 6.33 Å². The first-order chi connectivity index (χ1) is 14.6. The lowest BCUT2D eigenvalue weighted by atomic mass is 10.0. The van der Waals surface area contributed by atoms with Crippen molar-refractivity contribution in [3.63, 3.8) is 0 Å². The van der Waals surface area contributed by atoms with Crippen molar-refractivity contribution < 1.29 is 0 Å². The molecule has 148 valence electrons. The van der Waals surface area contributed by atoms with Crippen LogP contribution in [0.25, 0.3) is 33.5 Å². The average molecular weight is 416 g/mol. The summed E-state index contributed by atoms with van der Waals surface area (Å²) in [6.07, 6.45) is 3.12. The Labute approximate surface area is 177 Å². The van der Waals surface area contributed by atoms with E-state index < -0.39 is 0 Å². The number of halogens is 1. The second-order valence-electron chi connectivity index (χ2n) is 7.09. The number of hydrogen-bond acceptors (Lipinski definition) is 6. The number of para-hydroxylation sites is 1. The van der Waals surface area contributed by atoms with Crippen LogP contribution in [0.4, 0.5) is 5.82 Å². The van der Waals surface area contributed by atoms with Gasteiger partial charge in [-0.1, -0.05) is 29.8 Å². The van der Waals surface area contributed by atoms with Gasteiger partial charge in [-0.05, 0) is 38.1 Å². The van der Waals surface area contributed by atoms with Crippen molar-refractivity contribution in [2.45, 2.75) is 19.9 Å². The normalized spacial score (nSPS) is 12.4. The molecule has 8 heteroatoms. The molecule has 0 aliphatic carbocycles. The van der Waals surface area contributed by atoms with Gasteiger partial charge < -0.3 is 10.3 Å². The topological polar surface area (TPSA) is 92.3 Å². The van der Waals surface area contributed by atoms with Crippen LogP contribution in [0.5, 0.6) is 0 Å². The number of H-pyrrole nitrogens is 1. The van der Waals surface area contributed by atoms with Gasteiger partial charge in [-0.15, -0.1) is 0 Å². The summed E-state index contributed by atoms with van der Waals surface area (Å²) in [6, 6.07) is 13.7. The Balaban J connectivity index is 1.66. The lowest BCUT2D eigenvalue weighted by Crippen LogP contribution is -2.11. The quantitative estimate of drug-likeness (QED) is 0.424. The van der Waals surface area contributed by atoms with E-state index in [9.17, 15) is 0 Å². The van der Waals surface area contributed by atoms with Crippen LogP contribution in [0, 0.1) is 6.92 Å². The Morgan fingerprint density at radius 2 is 1.87 bits per heavy atom. The molecule has 5 rings (SSSR count). The van der Waals surface area contributed by atoms with Crippen LogP contribution >= 0.6 is 11.6 Å². The monoisotopic (exact) mass is 415 g/mol. The van der Waals surface area contributed by atoms with E-state index in [0.717, 1.165) is 33.5 Å². The van der Waals surface area contributed by atoms with Crippen molar-refractivity contribution in [1.29, 1.82) is 0 Å². The predicted octanol–water partition coefficient (Wildman–Crippen LogP) is 5.10. The molecule has 0 saturated heterocycles. The number of pyridine rings is 2. The molecule has 0 aliphatic rings. The highest BCUT2D eigenvalue weighted by molar-refractivity contribution is 6.35. The van der Waals surface area contributed by atoms with Crippen LogP contribution in [0.1, 0.15) is 24.2 Å². The fourth-order valence-electron chi connectivity index (χ4n) is 3.54. The van der Waals surface area contributed by atoms with Crippen molar-refractivity contribution in [3.05, 3.63) is 71.4 Å². The van der Waals surface area contributed by atoms with E-state index in [-0.39, 0.29) is 6.04 Å². The van der Waals surface area contributed by atoms with Crippen molar-refractivity contribution in [2.24, 2.45) is 0 Å². The van der Waals surface area contributed by atoms with Crippen molar-refractivity contribution >= 4 is 39.5 Å². The van der Waals surface area contributed by atoms with Crippen LogP contribution in [0.3, 0.4) is 0 Å². The first-order valence-electron chi connectivity index (χ1n) is 9.54. The fourth-order valence-corrected chi connectivity index (χ4v) is 3.77. The minimum atomic E-state index is -0.118. The fraction of sp³-hybridized carbons (Fsp3) is 0.136. The molecule has 2 N–H and O–H groups in total. The van der Waals surface area contributed by atoms with Gasteiger partial charge in [0, 0.05) is 16.6 Å². The molecular formula is C22H18ClN7. The largest absolute Gasteiger partial charge is 0.362 e. The van der Waals surface area contributed by atoms with E-state index in [2.05, 4.69) is 38.2 Å². The number of nitrogens with one attached hydrogen (secondary N) is 2. The maximum Gasteiger partial charge on any atom is 0.162 e. The summed E-state index contributed by atoms with van der Waals surface area (Å²) in [4.78, 5) is 25.5. The maximum atomic E-state index is 6.44. The van der Waals surface area contributed by atoms with Gasteiger partial charge in [-0.2, -0.15) is 0 Å². The lowest BCUT2D eigenvalue weighted by molar-refractivity contribution is 0.871. The molecule has 30 heavy (non-hydrogen) atoms. The van der Waals surface area contributed by atoms with E-state index in [1.807, 2.05) is 43.3 Å². The van der Waals surface area contributed by atoms with E-state index >= 15 is 0 Å². The van der Waals surface area contributed by atoms with Gasteiger partial charge in [0.2, 0.25) is 0 Å². The zero-order chi connectivity index (χ0) is 20.7. The Morgan fingerprint density at radius 3 is 2.73 bits per heavy atom. The van der Waals surface area contributed by atoms with Gasteiger partial charge in [0.25, 0.3) is 0 Å². The zero-order valence-electron chi connectivity index (χ0n) is 16.4. The second kappa shape index (κ2) is 7.35.